The van der Waals surface area contributed by atoms with Crippen molar-refractivity contribution in [2.45, 2.75) is 66.8 Å². The van der Waals surface area contributed by atoms with Gasteiger partial charge in [-0.05, 0) is 44.9 Å². The second-order valence-electron chi connectivity index (χ2n) is 5.86. The molecule has 3 nitrogen and oxygen atoms in total. The van der Waals surface area contributed by atoms with Gasteiger partial charge in [-0.2, -0.15) is 0 Å². The van der Waals surface area contributed by atoms with Gasteiger partial charge in [0, 0.05) is 30.9 Å². The molecule has 0 atom stereocenters. The second-order valence-corrected chi connectivity index (χ2v) is 5.86. The molecule has 0 aliphatic rings. The molecule has 1 aromatic heterocycles. The molecule has 1 heterocycles. The van der Waals surface area contributed by atoms with Gasteiger partial charge in [-0.1, -0.05) is 33.6 Å². The summed E-state index contributed by atoms with van der Waals surface area (Å²) in [4.78, 5) is 7.38. The van der Waals surface area contributed by atoms with Crippen LogP contribution in [0.2, 0.25) is 0 Å². The van der Waals surface area contributed by atoms with Gasteiger partial charge in [0.1, 0.15) is 5.82 Å². The van der Waals surface area contributed by atoms with Gasteiger partial charge in [0.25, 0.3) is 0 Å². The van der Waals surface area contributed by atoms with Crippen LogP contribution in [0.3, 0.4) is 0 Å². The number of nitrogens with one attached hydrogen (secondary N) is 1. The molecule has 1 N–H and O–H groups in total. The highest BCUT2D eigenvalue weighted by atomic mass is 15.2. The van der Waals surface area contributed by atoms with Crippen LogP contribution >= 0.6 is 0 Å². The Balaban J connectivity index is 3.06. The van der Waals surface area contributed by atoms with E-state index in [0.29, 0.717) is 0 Å². The van der Waals surface area contributed by atoms with E-state index >= 15 is 0 Å². The lowest BCUT2D eigenvalue weighted by molar-refractivity contribution is 0.657. The van der Waals surface area contributed by atoms with Crippen LogP contribution in [0, 0.1) is 13.8 Å². The fraction of sp³-hybridized carbons (Fsp3) is 0.722. The Labute approximate surface area is 131 Å². The molecule has 0 spiro atoms. The van der Waals surface area contributed by atoms with Gasteiger partial charge >= 0.3 is 0 Å². The maximum atomic E-state index is 4.88. The fourth-order valence-corrected chi connectivity index (χ4v) is 2.60. The maximum Gasteiger partial charge on any atom is 0.133 e. The summed E-state index contributed by atoms with van der Waals surface area (Å²) in [6, 6.07) is 2.20. The minimum Gasteiger partial charge on any atom is -0.356 e. The molecule has 0 aliphatic heterocycles. The first kappa shape index (κ1) is 18.0. The Hall–Kier alpha value is -1.09. The van der Waals surface area contributed by atoms with Crippen LogP contribution in [0.5, 0.6) is 0 Å². The molecule has 0 bridgehead atoms. The minimum absolute atomic E-state index is 0.916. The van der Waals surface area contributed by atoms with Crippen LogP contribution in [0.15, 0.2) is 6.07 Å². The zero-order valence-electron chi connectivity index (χ0n) is 14.6. The normalized spacial score (nSPS) is 10.9. The number of aromatic nitrogens is 1. The number of pyridine rings is 1. The average molecular weight is 291 g/mol. The molecule has 0 saturated heterocycles. The Morgan fingerprint density at radius 2 is 1.67 bits per heavy atom. The molecule has 0 aliphatic carbocycles. The second kappa shape index (κ2) is 9.78. The van der Waals surface area contributed by atoms with E-state index in [9.17, 15) is 0 Å². The van der Waals surface area contributed by atoms with Gasteiger partial charge in [-0.15, -0.1) is 0 Å². The summed E-state index contributed by atoms with van der Waals surface area (Å²) in [6.07, 6.45) is 4.93. The van der Waals surface area contributed by atoms with Gasteiger partial charge in [0.15, 0.2) is 0 Å². The predicted molar refractivity (Wildman–Crippen MR) is 93.1 cm³/mol. The molecule has 1 rings (SSSR count). The zero-order chi connectivity index (χ0) is 15.7. The number of anilines is 1. The molecule has 0 radical (unpaired) electrons. The highest BCUT2D eigenvalue weighted by Gasteiger charge is 2.15. The third-order valence-corrected chi connectivity index (χ3v) is 3.87. The van der Waals surface area contributed by atoms with Crippen molar-refractivity contribution in [1.29, 1.82) is 0 Å². The first-order valence-electron chi connectivity index (χ1n) is 8.56. The van der Waals surface area contributed by atoms with Crippen LogP contribution in [0.1, 0.15) is 63.3 Å². The van der Waals surface area contributed by atoms with Crippen LogP contribution in [0.25, 0.3) is 0 Å². The lowest BCUT2D eigenvalue weighted by Crippen LogP contribution is -2.29. The molecule has 120 valence electrons. The Bertz CT molecular complexity index is 407. The fourth-order valence-electron chi connectivity index (χ4n) is 2.60. The molecule has 21 heavy (non-hydrogen) atoms. The number of hydrogen-bond acceptors (Lipinski definition) is 3. The van der Waals surface area contributed by atoms with Crippen molar-refractivity contribution >= 4 is 5.82 Å². The zero-order valence-corrected chi connectivity index (χ0v) is 14.6. The molecule has 0 aromatic carbocycles. The highest BCUT2D eigenvalue weighted by Crippen LogP contribution is 2.23. The minimum atomic E-state index is 0.916. The van der Waals surface area contributed by atoms with Crippen LogP contribution in [-0.2, 0) is 6.54 Å². The Kier molecular flexibility index (Phi) is 8.36. The van der Waals surface area contributed by atoms with Gasteiger partial charge in [-0.3, -0.25) is 0 Å². The first-order chi connectivity index (χ1) is 10.1. The molecule has 3 heteroatoms. The molecule has 0 saturated carbocycles. The lowest BCUT2D eigenvalue weighted by Gasteiger charge is -2.27. The number of unbranched alkanes of at least 4 members (excludes halogenated alkanes) is 2. The Morgan fingerprint density at radius 1 is 1.05 bits per heavy atom. The Morgan fingerprint density at radius 3 is 2.19 bits per heavy atom. The third-order valence-electron chi connectivity index (χ3n) is 3.87. The SMILES string of the molecule is CCCCN(CCCC)c1nc(C)cc(C)c1CNCC. The molecule has 0 unspecified atom stereocenters. The summed E-state index contributed by atoms with van der Waals surface area (Å²) in [5.74, 6) is 1.20. The van der Waals surface area contributed by atoms with Crippen molar-refractivity contribution in [3.05, 3.63) is 22.9 Å². The predicted octanol–water partition coefficient (Wildman–Crippen LogP) is 4.21. The summed E-state index contributed by atoms with van der Waals surface area (Å²) in [5.41, 5.74) is 3.85. The van der Waals surface area contributed by atoms with Crippen LogP contribution in [0.4, 0.5) is 5.82 Å². The van der Waals surface area contributed by atoms with Gasteiger partial charge in [0.2, 0.25) is 0 Å². The number of nitrogens with zero attached hydrogens (tertiary/aromatic N) is 2. The van der Waals surface area contributed by atoms with E-state index in [1.165, 1.54) is 42.6 Å². The number of hydrogen-bond donors (Lipinski definition) is 1. The van der Waals surface area contributed by atoms with Gasteiger partial charge < -0.3 is 10.2 Å². The number of aryl methyl sites for hydroxylation is 2. The molecule has 0 amide bonds. The summed E-state index contributed by atoms with van der Waals surface area (Å²) < 4.78 is 0. The van der Waals surface area contributed by atoms with Crippen molar-refractivity contribution in [3.8, 4) is 0 Å². The van der Waals surface area contributed by atoms with Crippen LogP contribution < -0.4 is 10.2 Å². The van der Waals surface area contributed by atoms with Crippen molar-refractivity contribution in [3.63, 3.8) is 0 Å². The van der Waals surface area contributed by atoms with E-state index in [1.807, 2.05) is 0 Å². The monoisotopic (exact) mass is 291 g/mol. The van der Waals surface area contributed by atoms with E-state index in [1.54, 1.807) is 0 Å². The quantitative estimate of drug-likeness (QED) is 0.700. The molecule has 0 fully saturated rings. The molecule has 1 aromatic rings. The van der Waals surface area contributed by atoms with Crippen molar-refractivity contribution in [2.75, 3.05) is 24.5 Å². The smallest absolute Gasteiger partial charge is 0.133 e. The standard InChI is InChI=1S/C18H33N3/c1-6-9-11-21(12-10-7-2)18-17(14-19-8-3)15(4)13-16(5)20-18/h13,19H,6-12,14H2,1-5H3. The highest BCUT2D eigenvalue weighted by molar-refractivity contribution is 5.51. The molecular weight excluding hydrogens is 258 g/mol. The van der Waals surface area contributed by atoms with E-state index in [-0.39, 0.29) is 0 Å². The van der Waals surface area contributed by atoms with Crippen molar-refractivity contribution < 1.29 is 0 Å². The van der Waals surface area contributed by atoms with Crippen molar-refractivity contribution in [2.24, 2.45) is 0 Å². The molecular formula is C18H33N3. The van der Waals surface area contributed by atoms with Gasteiger partial charge in [0.05, 0.1) is 0 Å². The topological polar surface area (TPSA) is 28.2 Å². The van der Waals surface area contributed by atoms with E-state index in [2.05, 4.69) is 50.9 Å². The largest absolute Gasteiger partial charge is 0.356 e. The summed E-state index contributed by atoms with van der Waals surface area (Å²) in [5, 5.41) is 3.47. The first-order valence-corrected chi connectivity index (χ1v) is 8.56. The summed E-state index contributed by atoms with van der Waals surface area (Å²) >= 11 is 0. The van der Waals surface area contributed by atoms with Crippen molar-refractivity contribution in [1.82, 2.24) is 10.3 Å². The van der Waals surface area contributed by atoms with Gasteiger partial charge in [-0.25, -0.2) is 4.98 Å². The maximum absolute atomic E-state index is 4.88. The lowest BCUT2D eigenvalue weighted by atomic mass is 10.1. The van der Waals surface area contributed by atoms with E-state index in [4.69, 9.17) is 4.98 Å². The summed E-state index contributed by atoms with van der Waals surface area (Å²) in [6.45, 7) is 15.1. The van der Waals surface area contributed by atoms with E-state index in [0.717, 1.165) is 31.9 Å². The van der Waals surface area contributed by atoms with E-state index < -0.39 is 0 Å². The summed E-state index contributed by atoms with van der Waals surface area (Å²) in [7, 11) is 0. The number of rotatable bonds is 10. The van der Waals surface area contributed by atoms with Crippen LogP contribution in [-0.4, -0.2) is 24.6 Å². The average Bonchev–Trinajstić information content (AvgIpc) is 2.46. The third kappa shape index (κ3) is 5.66.